The summed E-state index contributed by atoms with van der Waals surface area (Å²) in [6.07, 6.45) is 1.06. The molecule has 0 radical (unpaired) electrons. The van der Waals surface area contributed by atoms with Crippen LogP contribution in [-0.4, -0.2) is 23.9 Å². The number of guanidine groups is 1. The van der Waals surface area contributed by atoms with E-state index in [1.54, 1.807) is 0 Å². The van der Waals surface area contributed by atoms with Crippen molar-refractivity contribution in [1.82, 2.24) is 4.90 Å². The fourth-order valence-corrected chi connectivity index (χ4v) is 2.24. The molecule has 3 nitrogen and oxygen atoms in total. The Morgan fingerprint density at radius 1 is 1.56 bits per heavy atom. The molecule has 1 aliphatic heterocycles. The van der Waals surface area contributed by atoms with Crippen molar-refractivity contribution in [3.8, 4) is 0 Å². The number of benzene rings is 1. The first kappa shape index (κ1) is 11.3. The molecule has 4 heteroatoms. The monoisotopic (exact) mass is 237 g/mol. The molecule has 1 aromatic rings. The maximum absolute atomic E-state index is 6.00. The Bertz CT molecular complexity index is 403. The molecule has 16 heavy (non-hydrogen) atoms. The normalized spacial score (nSPS) is 20.0. The second-order valence-corrected chi connectivity index (χ2v) is 4.40. The fourth-order valence-electron chi connectivity index (χ4n) is 2.04. The minimum absolute atomic E-state index is 0.249. The first-order valence-electron chi connectivity index (χ1n) is 5.54. The van der Waals surface area contributed by atoms with Crippen LogP contribution < -0.4 is 5.73 Å². The molecule has 0 aromatic heterocycles. The van der Waals surface area contributed by atoms with E-state index in [0.29, 0.717) is 5.96 Å². The van der Waals surface area contributed by atoms with E-state index in [-0.39, 0.29) is 6.04 Å². The molecule has 1 aromatic carbocycles. The van der Waals surface area contributed by atoms with Crippen LogP contribution in [0.2, 0.25) is 5.02 Å². The third-order valence-corrected chi connectivity index (χ3v) is 3.03. The third kappa shape index (κ3) is 2.14. The summed E-state index contributed by atoms with van der Waals surface area (Å²) in [5, 5.41) is 0.763. The van der Waals surface area contributed by atoms with Gasteiger partial charge in [0.25, 0.3) is 0 Å². The van der Waals surface area contributed by atoms with E-state index in [2.05, 4.69) is 22.9 Å². The summed E-state index contributed by atoms with van der Waals surface area (Å²) in [5.74, 6) is 0.645. The summed E-state index contributed by atoms with van der Waals surface area (Å²) in [5.41, 5.74) is 7.06. The maximum atomic E-state index is 6.00. The minimum Gasteiger partial charge on any atom is -0.370 e. The molecule has 1 aliphatic rings. The Hall–Kier alpha value is -1.22. The number of nitrogens with two attached hydrogens (primary N) is 1. The lowest BCUT2D eigenvalue weighted by Gasteiger charge is -2.26. The lowest BCUT2D eigenvalue weighted by molar-refractivity contribution is 0.347. The van der Waals surface area contributed by atoms with Crippen LogP contribution in [0.3, 0.4) is 0 Å². The lowest BCUT2D eigenvalue weighted by Crippen LogP contribution is -2.36. The van der Waals surface area contributed by atoms with Gasteiger partial charge in [-0.1, -0.05) is 30.7 Å². The molecule has 1 heterocycles. The molecule has 0 saturated heterocycles. The van der Waals surface area contributed by atoms with Crippen molar-refractivity contribution in [2.45, 2.75) is 19.4 Å². The van der Waals surface area contributed by atoms with Gasteiger partial charge in [-0.05, 0) is 24.1 Å². The molecule has 0 amide bonds. The second-order valence-electron chi connectivity index (χ2n) is 3.96. The Morgan fingerprint density at radius 3 is 3.06 bits per heavy atom. The van der Waals surface area contributed by atoms with Crippen molar-refractivity contribution in [3.05, 3.63) is 34.9 Å². The minimum atomic E-state index is 0.249. The van der Waals surface area contributed by atoms with Crippen LogP contribution >= 0.6 is 11.6 Å². The van der Waals surface area contributed by atoms with Crippen molar-refractivity contribution in [2.75, 3.05) is 13.1 Å². The number of hydrogen-bond acceptors (Lipinski definition) is 3. The second kappa shape index (κ2) is 4.74. The van der Waals surface area contributed by atoms with Crippen LogP contribution in [-0.2, 0) is 0 Å². The van der Waals surface area contributed by atoms with Crippen molar-refractivity contribution in [1.29, 1.82) is 0 Å². The van der Waals surface area contributed by atoms with Gasteiger partial charge in [-0.15, -0.1) is 0 Å². The van der Waals surface area contributed by atoms with E-state index in [4.69, 9.17) is 17.3 Å². The first-order valence-corrected chi connectivity index (χ1v) is 5.92. The van der Waals surface area contributed by atoms with Gasteiger partial charge in [0, 0.05) is 11.6 Å². The van der Waals surface area contributed by atoms with Gasteiger partial charge in [0.1, 0.15) is 0 Å². The highest BCUT2D eigenvalue weighted by Crippen LogP contribution is 2.27. The van der Waals surface area contributed by atoms with E-state index in [1.807, 2.05) is 18.2 Å². The van der Waals surface area contributed by atoms with E-state index < -0.39 is 0 Å². The summed E-state index contributed by atoms with van der Waals surface area (Å²) < 4.78 is 0. The molecule has 0 bridgehead atoms. The van der Waals surface area contributed by atoms with Crippen LogP contribution in [0.1, 0.15) is 24.9 Å². The highest BCUT2D eigenvalue weighted by atomic mass is 35.5. The van der Waals surface area contributed by atoms with Crippen molar-refractivity contribution in [3.63, 3.8) is 0 Å². The van der Waals surface area contributed by atoms with Crippen LogP contribution in [0.5, 0.6) is 0 Å². The highest BCUT2D eigenvalue weighted by Gasteiger charge is 2.26. The largest absolute Gasteiger partial charge is 0.370 e. The van der Waals surface area contributed by atoms with E-state index in [0.717, 1.165) is 24.5 Å². The van der Waals surface area contributed by atoms with Crippen LogP contribution in [0.25, 0.3) is 0 Å². The maximum Gasteiger partial charge on any atom is 0.191 e. The molecule has 1 atom stereocenters. The molecule has 1 unspecified atom stereocenters. The number of hydrogen-bond donors (Lipinski definition) is 1. The predicted octanol–water partition coefficient (Wildman–Crippen LogP) is 2.42. The predicted molar refractivity (Wildman–Crippen MR) is 67.7 cm³/mol. The molecular weight excluding hydrogens is 222 g/mol. The van der Waals surface area contributed by atoms with Gasteiger partial charge in [0.15, 0.2) is 5.96 Å². The first-order chi connectivity index (χ1) is 7.72. The summed E-state index contributed by atoms with van der Waals surface area (Å²) in [4.78, 5) is 6.45. The molecule has 86 valence electrons. The Labute approximate surface area is 101 Å². The molecule has 2 rings (SSSR count). The number of nitrogens with zero attached hydrogens (tertiary/aromatic N) is 2. The van der Waals surface area contributed by atoms with E-state index >= 15 is 0 Å². The summed E-state index contributed by atoms with van der Waals surface area (Å²) in [7, 11) is 0. The van der Waals surface area contributed by atoms with Crippen molar-refractivity contribution in [2.24, 2.45) is 10.7 Å². The Kier molecular flexibility index (Phi) is 3.34. The standard InChI is InChI=1S/C12H16ClN3/c1-2-6-16-11(8-15-12(16)14)9-4-3-5-10(13)7-9/h3-5,7,11H,2,6,8H2,1H3,(H2,14,15). The van der Waals surface area contributed by atoms with Gasteiger partial charge in [-0.2, -0.15) is 0 Å². The van der Waals surface area contributed by atoms with Crippen LogP contribution in [0.15, 0.2) is 29.3 Å². The van der Waals surface area contributed by atoms with E-state index in [9.17, 15) is 0 Å². The zero-order valence-corrected chi connectivity index (χ0v) is 10.1. The zero-order chi connectivity index (χ0) is 11.5. The smallest absolute Gasteiger partial charge is 0.191 e. The van der Waals surface area contributed by atoms with Gasteiger partial charge in [0.05, 0.1) is 12.6 Å². The topological polar surface area (TPSA) is 41.6 Å². The van der Waals surface area contributed by atoms with Crippen molar-refractivity contribution >= 4 is 17.6 Å². The van der Waals surface area contributed by atoms with E-state index in [1.165, 1.54) is 5.56 Å². The number of rotatable bonds is 3. The number of aliphatic imine (C=N–C) groups is 1. The lowest BCUT2D eigenvalue weighted by atomic mass is 10.1. The SMILES string of the molecule is CCCN1C(N)=NCC1c1cccc(Cl)c1. The van der Waals surface area contributed by atoms with Gasteiger partial charge < -0.3 is 10.6 Å². The molecule has 0 fully saturated rings. The zero-order valence-electron chi connectivity index (χ0n) is 9.36. The van der Waals surface area contributed by atoms with Gasteiger partial charge >= 0.3 is 0 Å². The molecule has 0 spiro atoms. The number of halogens is 1. The highest BCUT2D eigenvalue weighted by molar-refractivity contribution is 6.30. The summed E-state index contributed by atoms with van der Waals surface area (Å²) in [6.45, 7) is 3.80. The molecule has 2 N–H and O–H groups in total. The Morgan fingerprint density at radius 2 is 2.38 bits per heavy atom. The summed E-state index contributed by atoms with van der Waals surface area (Å²) in [6, 6.07) is 8.17. The van der Waals surface area contributed by atoms with Gasteiger partial charge in [-0.25, -0.2) is 0 Å². The van der Waals surface area contributed by atoms with Crippen LogP contribution in [0.4, 0.5) is 0 Å². The summed E-state index contributed by atoms with van der Waals surface area (Å²) >= 11 is 6.00. The van der Waals surface area contributed by atoms with Gasteiger partial charge in [0.2, 0.25) is 0 Å². The molecule has 0 saturated carbocycles. The Balaban J connectivity index is 2.22. The quantitative estimate of drug-likeness (QED) is 0.877. The average Bonchev–Trinajstić information content (AvgIpc) is 2.61. The van der Waals surface area contributed by atoms with Crippen LogP contribution in [0, 0.1) is 0 Å². The third-order valence-electron chi connectivity index (χ3n) is 2.79. The van der Waals surface area contributed by atoms with Crippen molar-refractivity contribution < 1.29 is 0 Å². The molecular formula is C12H16ClN3. The molecule has 0 aliphatic carbocycles. The fraction of sp³-hybridized carbons (Fsp3) is 0.417. The van der Waals surface area contributed by atoms with Gasteiger partial charge in [-0.3, -0.25) is 4.99 Å². The average molecular weight is 238 g/mol.